The van der Waals surface area contributed by atoms with Crippen LogP contribution in [0.15, 0.2) is 71.8 Å². The summed E-state index contributed by atoms with van der Waals surface area (Å²) in [6.45, 7) is 4.62. The van der Waals surface area contributed by atoms with Crippen LogP contribution in [0.25, 0.3) is 6.08 Å². The SMILES string of the molecule is Cc1cc(C)n(Cc2cccc(C(=O)N/N=C\C=C\c3ccccc3)c2)n1. The minimum absolute atomic E-state index is 0.241. The van der Waals surface area contributed by atoms with Crippen molar-refractivity contribution in [2.24, 2.45) is 5.10 Å². The summed E-state index contributed by atoms with van der Waals surface area (Å²) in [7, 11) is 0. The Kier molecular flexibility index (Phi) is 5.94. The summed E-state index contributed by atoms with van der Waals surface area (Å²) in [5, 5.41) is 8.42. The minimum atomic E-state index is -0.241. The number of allylic oxidation sites excluding steroid dienone is 1. The molecule has 1 N–H and O–H groups in total. The van der Waals surface area contributed by atoms with Gasteiger partial charge in [0, 0.05) is 17.5 Å². The fourth-order valence-electron chi connectivity index (χ4n) is 2.74. The number of hydrogen-bond acceptors (Lipinski definition) is 3. The van der Waals surface area contributed by atoms with Gasteiger partial charge in [0.25, 0.3) is 5.91 Å². The first kappa shape index (κ1) is 18.3. The fourth-order valence-corrected chi connectivity index (χ4v) is 2.74. The molecule has 0 aliphatic rings. The van der Waals surface area contributed by atoms with E-state index in [0.29, 0.717) is 12.1 Å². The first-order chi connectivity index (χ1) is 13.1. The van der Waals surface area contributed by atoms with Crippen molar-refractivity contribution in [2.45, 2.75) is 20.4 Å². The number of aryl methyl sites for hydroxylation is 2. The van der Waals surface area contributed by atoms with Gasteiger partial charge >= 0.3 is 0 Å². The summed E-state index contributed by atoms with van der Waals surface area (Å²) in [5.74, 6) is -0.241. The lowest BCUT2D eigenvalue weighted by Crippen LogP contribution is -2.17. The van der Waals surface area contributed by atoms with Gasteiger partial charge in [-0.25, -0.2) is 5.43 Å². The molecule has 1 aromatic heterocycles. The topological polar surface area (TPSA) is 59.3 Å². The second-order valence-electron chi connectivity index (χ2n) is 6.27. The number of rotatable bonds is 6. The molecule has 0 unspecified atom stereocenters. The zero-order chi connectivity index (χ0) is 19.1. The molecule has 27 heavy (non-hydrogen) atoms. The quantitative estimate of drug-likeness (QED) is 0.535. The molecule has 0 aliphatic carbocycles. The molecule has 3 aromatic rings. The van der Waals surface area contributed by atoms with Crippen molar-refractivity contribution in [3.8, 4) is 0 Å². The third kappa shape index (κ3) is 5.25. The molecule has 5 heteroatoms. The van der Waals surface area contributed by atoms with E-state index in [2.05, 4.69) is 15.6 Å². The standard InChI is InChI=1S/C22H22N4O/c1-17-14-18(2)26(25-17)16-20-10-6-12-21(15-20)22(27)24-23-13-7-11-19-8-4-3-5-9-19/h3-15H,16H2,1-2H3,(H,24,27)/b11-7+,23-13-. The van der Waals surface area contributed by atoms with Crippen LogP contribution in [0.1, 0.15) is 32.9 Å². The average Bonchev–Trinajstić information content (AvgIpc) is 2.99. The maximum absolute atomic E-state index is 12.3. The average molecular weight is 358 g/mol. The lowest BCUT2D eigenvalue weighted by atomic mass is 10.1. The Morgan fingerprint density at radius 3 is 2.67 bits per heavy atom. The van der Waals surface area contributed by atoms with E-state index in [1.807, 2.05) is 79.2 Å². The van der Waals surface area contributed by atoms with E-state index in [-0.39, 0.29) is 5.91 Å². The number of carbonyl (C=O) groups is 1. The maximum atomic E-state index is 12.3. The Morgan fingerprint density at radius 1 is 1.11 bits per heavy atom. The van der Waals surface area contributed by atoms with E-state index in [1.54, 1.807) is 18.4 Å². The third-order valence-corrected chi connectivity index (χ3v) is 4.04. The molecule has 0 radical (unpaired) electrons. The highest BCUT2D eigenvalue weighted by Crippen LogP contribution is 2.10. The van der Waals surface area contributed by atoms with Crippen molar-refractivity contribution in [2.75, 3.05) is 0 Å². The molecule has 0 saturated carbocycles. The van der Waals surface area contributed by atoms with Crippen molar-refractivity contribution in [3.05, 3.63) is 94.8 Å². The zero-order valence-electron chi connectivity index (χ0n) is 15.5. The molecule has 0 atom stereocenters. The molecule has 0 bridgehead atoms. The number of carbonyl (C=O) groups excluding carboxylic acids is 1. The molecular formula is C22H22N4O. The highest BCUT2D eigenvalue weighted by molar-refractivity contribution is 5.94. The molecule has 2 aromatic carbocycles. The molecule has 5 nitrogen and oxygen atoms in total. The summed E-state index contributed by atoms with van der Waals surface area (Å²) in [6.07, 6.45) is 5.27. The Morgan fingerprint density at radius 2 is 1.93 bits per heavy atom. The van der Waals surface area contributed by atoms with Crippen LogP contribution < -0.4 is 5.43 Å². The van der Waals surface area contributed by atoms with E-state index in [9.17, 15) is 4.79 Å². The molecular weight excluding hydrogens is 336 g/mol. The lowest BCUT2D eigenvalue weighted by molar-refractivity contribution is 0.0955. The van der Waals surface area contributed by atoms with Gasteiger partial charge in [-0.05, 0) is 49.2 Å². The third-order valence-electron chi connectivity index (χ3n) is 4.04. The number of nitrogens with one attached hydrogen (secondary N) is 1. The Bertz CT molecular complexity index is 971. The smallest absolute Gasteiger partial charge is 0.267 e. The van der Waals surface area contributed by atoms with E-state index < -0.39 is 0 Å². The number of nitrogens with zero attached hydrogens (tertiary/aromatic N) is 3. The number of amides is 1. The van der Waals surface area contributed by atoms with Crippen LogP contribution in [0.4, 0.5) is 0 Å². The van der Waals surface area contributed by atoms with Gasteiger partial charge in [-0.1, -0.05) is 48.5 Å². The van der Waals surface area contributed by atoms with E-state index in [1.165, 1.54) is 0 Å². The summed E-state index contributed by atoms with van der Waals surface area (Å²) in [5.41, 5.74) is 7.29. The molecule has 3 rings (SSSR count). The molecule has 0 fully saturated rings. The van der Waals surface area contributed by atoms with Crippen molar-refractivity contribution < 1.29 is 4.79 Å². The minimum Gasteiger partial charge on any atom is -0.267 e. The van der Waals surface area contributed by atoms with E-state index in [0.717, 1.165) is 22.5 Å². The van der Waals surface area contributed by atoms with Crippen LogP contribution in [-0.4, -0.2) is 21.9 Å². The van der Waals surface area contributed by atoms with Gasteiger partial charge in [-0.3, -0.25) is 9.48 Å². The van der Waals surface area contributed by atoms with Crippen LogP contribution in [0.2, 0.25) is 0 Å². The second-order valence-corrected chi connectivity index (χ2v) is 6.27. The number of hydrazone groups is 1. The molecule has 0 aliphatic heterocycles. The predicted molar refractivity (Wildman–Crippen MR) is 109 cm³/mol. The summed E-state index contributed by atoms with van der Waals surface area (Å²) < 4.78 is 1.93. The first-order valence-corrected chi connectivity index (χ1v) is 8.77. The van der Waals surface area contributed by atoms with Gasteiger partial charge in [0.05, 0.1) is 12.2 Å². The van der Waals surface area contributed by atoms with Crippen molar-refractivity contribution in [1.82, 2.24) is 15.2 Å². The van der Waals surface area contributed by atoms with Gasteiger partial charge in [-0.15, -0.1) is 0 Å². The first-order valence-electron chi connectivity index (χ1n) is 8.77. The maximum Gasteiger partial charge on any atom is 0.271 e. The Labute approximate surface area is 159 Å². The molecule has 1 heterocycles. The van der Waals surface area contributed by atoms with Crippen molar-refractivity contribution in [1.29, 1.82) is 0 Å². The van der Waals surface area contributed by atoms with Crippen LogP contribution in [0.5, 0.6) is 0 Å². The largest absolute Gasteiger partial charge is 0.271 e. The fraction of sp³-hybridized carbons (Fsp3) is 0.136. The highest BCUT2D eigenvalue weighted by Gasteiger charge is 2.07. The summed E-state index contributed by atoms with van der Waals surface area (Å²) >= 11 is 0. The molecule has 136 valence electrons. The van der Waals surface area contributed by atoms with Gasteiger partial charge in [-0.2, -0.15) is 10.2 Å². The predicted octanol–water partition coefficient (Wildman–Crippen LogP) is 3.98. The monoisotopic (exact) mass is 358 g/mol. The number of aromatic nitrogens is 2. The van der Waals surface area contributed by atoms with Crippen molar-refractivity contribution in [3.63, 3.8) is 0 Å². The second kappa shape index (κ2) is 8.76. The number of benzene rings is 2. The molecule has 1 amide bonds. The van der Waals surface area contributed by atoms with Gasteiger partial charge < -0.3 is 0 Å². The van der Waals surface area contributed by atoms with Crippen LogP contribution in [-0.2, 0) is 6.54 Å². The number of hydrogen-bond donors (Lipinski definition) is 1. The molecule has 0 spiro atoms. The normalized spacial score (nSPS) is 11.3. The van der Waals surface area contributed by atoms with Gasteiger partial charge in [0.1, 0.15) is 0 Å². The van der Waals surface area contributed by atoms with Crippen LogP contribution in [0, 0.1) is 13.8 Å². The lowest BCUT2D eigenvalue weighted by Gasteiger charge is -2.06. The van der Waals surface area contributed by atoms with Crippen LogP contribution >= 0.6 is 0 Å². The molecule has 0 saturated heterocycles. The summed E-state index contributed by atoms with van der Waals surface area (Å²) in [6, 6.07) is 19.4. The Balaban J connectivity index is 1.59. The van der Waals surface area contributed by atoms with E-state index in [4.69, 9.17) is 0 Å². The highest BCUT2D eigenvalue weighted by atomic mass is 16.2. The van der Waals surface area contributed by atoms with Crippen molar-refractivity contribution >= 4 is 18.2 Å². The van der Waals surface area contributed by atoms with Crippen LogP contribution in [0.3, 0.4) is 0 Å². The van der Waals surface area contributed by atoms with Gasteiger partial charge in [0.15, 0.2) is 0 Å². The zero-order valence-corrected chi connectivity index (χ0v) is 15.5. The van der Waals surface area contributed by atoms with Gasteiger partial charge in [0.2, 0.25) is 0 Å². The van der Waals surface area contributed by atoms with E-state index >= 15 is 0 Å². The summed E-state index contributed by atoms with van der Waals surface area (Å²) in [4.78, 5) is 12.3. The Hall–Kier alpha value is -3.47.